The van der Waals surface area contributed by atoms with Crippen molar-refractivity contribution in [3.05, 3.63) is 11.7 Å². The molecule has 1 N–H and O–H groups in total. The fourth-order valence-corrected chi connectivity index (χ4v) is 4.27. The first-order chi connectivity index (χ1) is 8.84. The molecule has 0 radical (unpaired) electrons. The molecule has 2 unspecified atom stereocenters. The Balaban J connectivity index is 1.82. The number of nitrogens with zero attached hydrogens (tertiary/aromatic N) is 2. The van der Waals surface area contributed by atoms with Crippen molar-refractivity contribution in [1.29, 1.82) is 0 Å². The number of nitrogens with one attached hydrogen (secondary N) is 1. The van der Waals surface area contributed by atoms with E-state index in [9.17, 15) is 0 Å². The molecule has 5 heteroatoms. The maximum Gasteiger partial charge on any atom is 0.246 e. The summed E-state index contributed by atoms with van der Waals surface area (Å²) in [4.78, 5) is 4.70. The van der Waals surface area contributed by atoms with Crippen LogP contribution in [0.3, 0.4) is 0 Å². The van der Waals surface area contributed by atoms with Gasteiger partial charge in [0.1, 0.15) is 0 Å². The molecular weight excluding hydrogens is 246 g/mol. The molecule has 100 valence electrons. The van der Waals surface area contributed by atoms with Gasteiger partial charge >= 0.3 is 0 Å². The topological polar surface area (TPSA) is 51.0 Å². The van der Waals surface area contributed by atoms with Crippen LogP contribution in [0.2, 0.25) is 0 Å². The molecule has 1 aromatic rings. The zero-order valence-electron chi connectivity index (χ0n) is 10.9. The van der Waals surface area contributed by atoms with E-state index in [1.165, 1.54) is 25.0 Å². The summed E-state index contributed by atoms with van der Waals surface area (Å²) in [5.74, 6) is 2.97. The van der Waals surface area contributed by atoms with Crippen molar-refractivity contribution in [2.24, 2.45) is 0 Å². The van der Waals surface area contributed by atoms with Gasteiger partial charge in [-0.05, 0) is 44.4 Å². The van der Waals surface area contributed by atoms with Gasteiger partial charge in [-0.2, -0.15) is 16.7 Å². The fourth-order valence-electron chi connectivity index (χ4n) is 3.08. The zero-order chi connectivity index (χ0) is 12.4. The highest BCUT2D eigenvalue weighted by Crippen LogP contribution is 2.40. The molecule has 0 saturated carbocycles. The average Bonchev–Trinajstić information content (AvgIpc) is 3.11. The van der Waals surface area contributed by atoms with Crippen LogP contribution in [0.15, 0.2) is 4.52 Å². The van der Waals surface area contributed by atoms with E-state index in [1.54, 1.807) is 0 Å². The Bertz CT molecular complexity index is 395. The van der Waals surface area contributed by atoms with Crippen molar-refractivity contribution in [2.45, 2.75) is 56.2 Å². The third-order valence-corrected chi connectivity index (χ3v) is 5.36. The van der Waals surface area contributed by atoms with Crippen LogP contribution in [0.5, 0.6) is 0 Å². The van der Waals surface area contributed by atoms with Crippen LogP contribution in [0.4, 0.5) is 0 Å². The zero-order valence-corrected chi connectivity index (χ0v) is 11.8. The number of rotatable bonds is 4. The fraction of sp³-hybridized carbons (Fsp3) is 0.846. The van der Waals surface area contributed by atoms with Gasteiger partial charge < -0.3 is 9.84 Å². The van der Waals surface area contributed by atoms with E-state index in [0.29, 0.717) is 5.25 Å². The molecule has 18 heavy (non-hydrogen) atoms. The molecular formula is C13H21N3OS. The Morgan fingerprint density at radius 3 is 3.11 bits per heavy atom. The number of aromatic nitrogens is 2. The molecule has 3 rings (SSSR count). The minimum Gasteiger partial charge on any atom is -0.337 e. The molecule has 0 aliphatic carbocycles. The van der Waals surface area contributed by atoms with Crippen molar-refractivity contribution in [1.82, 2.24) is 15.5 Å². The van der Waals surface area contributed by atoms with E-state index in [2.05, 4.69) is 17.4 Å². The van der Waals surface area contributed by atoms with Crippen LogP contribution in [-0.4, -0.2) is 22.4 Å². The number of thioether (sulfide) groups is 1. The number of hydrogen-bond acceptors (Lipinski definition) is 5. The lowest BCUT2D eigenvalue weighted by atomic mass is 9.92. The molecule has 3 heterocycles. The Morgan fingerprint density at radius 2 is 2.44 bits per heavy atom. The van der Waals surface area contributed by atoms with E-state index in [-0.39, 0.29) is 5.54 Å². The van der Waals surface area contributed by atoms with Crippen molar-refractivity contribution < 1.29 is 4.52 Å². The molecule has 2 aliphatic heterocycles. The van der Waals surface area contributed by atoms with Crippen molar-refractivity contribution >= 4 is 11.8 Å². The van der Waals surface area contributed by atoms with Crippen LogP contribution in [0, 0.1) is 0 Å². The predicted octanol–water partition coefficient (Wildman–Crippen LogP) is 3.02. The first-order valence-corrected chi connectivity index (χ1v) is 8.10. The molecule has 1 aromatic heterocycles. The average molecular weight is 267 g/mol. The van der Waals surface area contributed by atoms with E-state index in [0.717, 1.165) is 37.5 Å². The minimum absolute atomic E-state index is 0.0384. The van der Waals surface area contributed by atoms with E-state index < -0.39 is 0 Å². The van der Waals surface area contributed by atoms with E-state index in [1.807, 2.05) is 11.8 Å². The summed E-state index contributed by atoms with van der Waals surface area (Å²) in [6.07, 6.45) is 7.03. The highest BCUT2D eigenvalue weighted by Gasteiger charge is 2.40. The van der Waals surface area contributed by atoms with Gasteiger partial charge in [0.15, 0.2) is 5.82 Å². The molecule has 2 fully saturated rings. The third-order valence-electron chi connectivity index (χ3n) is 3.99. The quantitative estimate of drug-likeness (QED) is 0.908. The molecule has 0 bridgehead atoms. The predicted molar refractivity (Wildman–Crippen MR) is 72.6 cm³/mol. The van der Waals surface area contributed by atoms with Crippen LogP contribution in [0.25, 0.3) is 0 Å². The normalized spacial score (nSPS) is 32.2. The standard InChI is InChI=1S/C13H21N3OS/c1-2-6-13(7-4-8-14-13)12-15-11(16-17-12)10-5-3-9-18-10/h10,14H,2-9H2,1H3. The summed E-state index contributed by atoms with van der Waals surface area (Å²) < 4.78 is 5.58. The molecule has 2 aliphatic rings. The first-order valence-electron chi connectivity index (χ1n) is 7.05. The van der Waals surface area contributed by atoms with Crippen molar-refractivity contribution in [3.8, 4) is 0 Å². The molecule has 0 spiro atoms. The van der Waals surface area contributed by atoms with E-state index in [4.69, 9.17) is 9.51 Å². The first kappa shape index (κ1) is 12.5. The van der Waals surface area contributed by atoms with Gasteiger partial charge in [-0.3, -0.25) is 0 Å². The summed E-state index contributed by atoms with van der Waals surface area (Å²) >= 11 is 1.96. The lowest BCUT2D eigenvalue weighted by Gasteiger charge is -2.24. The summed E-state index contributed by atoms with van der Waals surface area (Å²) in [5.41, 5.74) is -0.0384. The Morgan fingerprint density at radius 1 is 1.50 bits per heavy atom. The van der Waals surface area contributed by atoms with Crippen LogP contribution >= 0.6 is 11.8 Å². The van der Waals surface area contributed by atoms with Gasteiger partial charge in [-0.1, -0.05) is 18.5 Å². The second-order valence-corrected chi connectivity index (χ2v) is 6.63. The van der Waals surface area contributed by atoms with Gasteiger partial charge in [0.2, 0.25) is 5.89 Å². The van der Waals surface area contributed by atoms with Gasteiger partial charge in [0.25, 0.3) is 0 Å². The second-order valence-electron chi connectivity index (χ2n) is 5.32. The maximum atomic E-state index is 5.58. The lowest BCUT2D eigenvalue weighted by Crippen LogP contribution is -2.37. The van der Waals surface area contributed by atoms with Gasteiger partial charge in [-0.15, -0.1) is 0 Å². The largest absolute Gasteiger partial charge is 0.337 e. The SMILES string of the molecule is CCCC1(c2nc(C3CCCS3)no2)CCCN1. The van der Waals surface area contributed by atoms with Gasteiger partial charge in [0.05, 0.1) is 10.8 Å². The minimum atomic E-state index is -0.0384. The van der Waals surface area contributed by atoms with Crippen molar-refractivity contribution in [2.75, 3.05) is 12.3 Å². The Labute approximate surface area is 112 Å². The highest BCUT2D eigenvalue weighted by atomic mass is 32.2. The van der Waals surface area contributed by atoms with Crippen LogP contribution in [-0.2, 0) is 5.54 Å². The number of hydrogen-bond donors (Lipinski definition) is 1. The smallest absolute Gasteiger partial charge is 0.246 e. The molecule has 0 amide bonds. The summed E-state index contributed by atoms with van der Waals surface area (Å²) in [6.45, 7) is 3.28. The third kappa shape index (κ3) is 2.18. The summed E-state index contributed by atoms with van der Waals surface area (Å²) in [5, 5.41) is 8.27. The van der Waals surface area contributed by atoms with Crippen molar-refractivity contribution in [3.63, 3.8) is 0 Å². The van der Waals surface area contributed by atoms with Crippen LogP contribution in [0.1, 0.15) is 62.4 Å². The monoisotopic (exact) mass is 267 g/mol. The molecule has 0 aromatic carbocycles. The van der Waals surface area contributed by atoms with E-state index >= 15 is 0 Å². The molecule has 2 saturated heterocycles. The summed E-state index contributed by atoms with van der Waals surface area (Å²) in [7, 11) is 0. The summed E-state index contributed by atoms with van der Waals surface area (Å²) in [6, 6.07) is 0. The second kappa shape index (κ2) is 5.21. The van der Waals surface area contributed by atoms with Gasteiger partial charge in [0, 0.05) is 0 Å². The maximum absolute atomic E-state index is 5.58. The van der Waals surface area contributed by atoms with Crippen LogP contribution < -0.4 is 5.32 Å². The Hall–Kier alpha value is -0.550. The molecule has 4 nitrogen and oxygen atoms in total. The molecule has 2 atom stereocenters. The lowest BCUT2D eigenvalue weighted by molar-refractivity contribution is 0.240. The van der Waals surface area contributed by atoms with Gasteiger partial charge in [-0.25, -0.2) is 0 Å². The Kier molecular flexibility index (Phi) is 3.61. The highest BCUT2D eigenvalue weighted by molar-refractivity contribution is 7.99.